The SMILES string of the molecule is COC(=O)c1nc(C)c2nc(Oc3ccc(Cl)cc3)ccc2c1O. The molecule has 0 spiro atoms. The molecule has 0 amide bonds. The fraction of sp³-hybridized carbons (Fsp3) is 0.118. The van der Waals surface area contributed by atoms with E-state index in [0.29, 0.717) is 33.2 Å². The summed E-state index contributed by atoms with van der Waals surface area (Å²) in [4.78, 5) is 20.1. The number of carbonyl (C=O) groups is 1. The standard InChI is InChI=1S/C17H13ClN2O4/c1-9-14-12(16(21)15(19-9)17(22)23-2)7-8-13(20-14)24-11-5-3-10(18)4-6-11/h3-8,21H,1-2H3. The lowest BCUT2D eigenvalue weighted by Gasteiger charge is -2.10. The molecule has 0 aliphatic carbocycles. The molecule has 1 N–H and O–H groups in total. The molecule has 0 aliphatic heterocycles. The summed E-state index contributed by atoms with van der Waals surface area (Å²) in [6, 6.07) is 10.1. The summed E-state index contributed by atoms with van der Waals surface area (Å²) in [6.45, 7) is 1.69. The molecule has 0 fully saturated rings. The first kappa shape index (κ1) is 16.0. The second kappa shape index (κ2) is 6.33. The number of pyridine rings is 2. The van der Waals surface area contributed by atoms with Crippen molar-refractivity contribution in [3.63, 3.8) is 0 Å². The minimum atomic E-state index is -0.709. The van der Waals surface area contributed by atoms with Gasteiger partial charge >= 0.3 is 5.97 Å². The minimum Gasteiger partial charge on any atom is -0.505 e. The van der Waals surface area contributed by atoms with Gasteiger partial charge in [-0.3, -0.25) is 0 Å². The van der Waals surface area contributed by atoms with Crippen molar-refractivity contribution in [1.82, 2.24) is 9.97 Å². The average molecular weight is 345 g/mol. The van der Waals surface area contributed by atoms with Gasteiger partial charge in [-0.05, 0) is 37.3 Å². The molecule has 3 aromatic rings. The highest BCUT2D eigenvalue weighted by Gasteiger charge is 2.19. The van der Waals surface area contributed by atoms with Gasteiger partial charge in [-0.1, -0.05) is 11.6 Å². The zero-order valence-electron chi connectivity index (χ0n) is 12.9. The Kier molecular flexibility index (Phi) is 4.22. The predicted octanol–water partition coefficient (Wildman–Crippen LogP) is 3.88. The molecular weight excluding hydrogens is 332 g/mol. The van der Waals surface area contributed by atoms with Gasteiger partial charge in [-0.15, -0.1) is 0 Å². The van der Waals surface area contributed by atoms with Crippen molar-refractivity contribution in [2.24, 2.45) is 0 Å². The van der Waals surface area contributed by atoms with Gasteiger partial charge in [-0.25, -0.2) is 14.8 Å². The van der Waals surface area contributed by atoms with Crippen LogP contribution in [-0.2, 0) is 4.74 Å². The predicted molar refractivity (Wildman–Crippen MR) is 88.8 cm³/mol. The van der Waals surface area contributed by atoms with Crippen molar-refractivity contribution in [3.8, 4) is 17.4 Å². The maximum absolute atomic E-state index is 11.7. The summed E-state index contributed by atoms with van der Waals surface area (Å²) >= 11 is 5.84. The fourth-order valence-electron chi connectivity index (χ4n) is 2.23. The molecule has 122 valence electrons. The Labute approximate surface area is 142 Å². The highest BCUT2D eigenvalue weighted by Crippen LogP contribution is 2.31. The number of rotatable bonds is 3. The average Bonchev–Trinajstić information content (AvgIpc) is 2.59. The Bertz CT molecular complexity index is 926. The number of nitrogens with zero attached hydrogens (tertiary/aromatic N) is 2. The number of fused-ring (bicyclic) bond motifs is 1. The van der Waals surface area contributed by atoms with Gasteiger partial charge in [0, 0.05) is 16.5 Å². The van der Waals surface area contributed by atoms with Crippen LogP contribution in [-0.4, -0.2) is 28.2 Å². The quantitative estimate of drug-likeness (QED) is 0.726. The van der Waals surface area contributed by atoms with E-state index in [9.17, 15) is 9.90 Å². The highest BCUT2D eigenvalue weighted by molar-refractivity contribution is 6.30. The molecule has 0 saturated carbocycles. The molecule has 0 saturated heterocycles. The minimum absolute atomic E-state index is 0.143. The number of aromatic hydroxyl groups is 1. The van der Waals surface area contributed by atoms with E-state index in [2.05, 4.69) is 14.7 Å². The van der Waals surface area contributed by atoms with Crippen LogP contribution in [0, 0.1) is 6.92 Å². The van der Waals surface area contributed by atoms with Crippen LogP contribution in [0.25, 0.3) is 10.9 Å². The van der Waals surface area contributed by atoms with Crippen molar-refractivity contribution in [2.45, 2.75) is 6.92 Å². The molecule has 0 unspecified atom stereocenters. The van der Waals surface area contributed by atoms with E-state index < -0.39 is 5.97 Å². The molecule has 1 aromatic carbocycles. The number of esters is 1. The third-order valence-corrected chi connectivity index (χ3v) is 3.64. The summed E-state index contributed by atoms with van der Waals surface area (Å²) in [5.74, 6) is -0.0702. The van der Waals surface area contributed by atoms with E-state index in [1.54, 1.807) is 43.3 Å². The van der Waals surface area contributed by atoms with Crippen LogP contribution in [0.4, 0.5) is 0 Å². The summed E-state index contributed by atoms with van der Waals surface area (Å²) in [7, 11) is 1.23. The van der Waals surface area contributed by atoms with Crippen LogP contribution in [0.15, 0.2) is 36.4 Å². The van der Waals surface area contributed by atoms with Crippen molar-refractivity contribution in [2.75, 3.05) is 7.11 Å². The van der Waals surface area contributed by atoms with Gasteiger partial charge in [0.05, 0.1) is 18.3 Å². The molecule has 2 aromatic heterocycles. The molecule has 0 aliphatic rings. The molecule has 3 rings (SSSR count). The van der Waals surface area contributed by atoms with Crippen LogP contribution < -0.4 is 4.74 Å². The van der Waals surface area contributed by atoms with Gasteiger partial charge in [0.1, 0.15) is 5.75 Å². The van der Waals surface area contributed by atoms with Crippen LogP contribution in [0.1, 0.15) is 16.2 Å². The van der Waals surface area contributed by atoms with E-state index in [0.717, 1.165) is 0 Å². The van der Waals surface area contributed by atoms with Crippen molar-refractivity contribution >= 4 is 28.5 Å². The van der Waals surface area contributed by atoms with Crippen LogP contribution in [0.3, 0.4) is 0 Å². The van der Waals surface area contributed by atoms with Crippen molar-refractivity contribution in [1.29, 1.82) is 0 Å². The number of methoxy groups -OCH3 is 1. The Morgan fingerprint density at radius 3 is 2.50 bits per heavy atom. The van der Waals surface area contributed by atoms with Crippen molar-refractivity contribution < 1.29 is 19.4 Å². The van der Waals surface area contributed by atoms with Crippen LogP contribution >= 0.6 is 11.6 Å². The normalized spacial score (nSPS) is 10.6. The van der Waals surface area contributed by atoms with E-state index in [-0.39, 0.29) is 11.4 Å². The van der Waals surface area contributed by atoms with E-state index in [4.69, 9.17) is 16.3 Å². The Morgan fingerprint density at radius 2 is 1.83 bits per heavy atom. The Morgan fingerprint density at radius 1 is 1.12 bits per heavy atom. The summed E-state index contributed by atoms with van der Waals surface area (Å²) in [5, 5.41) is 11.2. The molecule has 6 nitrogen and oxygen atoms in total. The number of carbonyl (C=O) groups excluding carboxylic acids is 1. The number of aromatic nitrogens is 2. The molecular formula is C17H13ClN2O4. The fourth-order valence-corrected chi connectivity index (χ4v) is 2.35. The van der Waals surface area contributed by atoms with E-state index in [1.807, 2.05) is 0 Å². The molecule has 0 radical (unpaired) electrons. The third kappa shape index (κ3) is 2.96. The van der Waals surface area contributed by atoms with E-state index >= 15 is 0 Å². The number of halogens is 1. The van der Waals surface area contributed by atoms with Gasteiger partial charge in [0.15, 0.2) is 11.4 Å². The van der Waals surface area contributed by atoms with Gasteiger partial charge < -0.3 is 14.6 Å². The van der Waals surface area contributed by atoms with Gasteiger partial charge in [0.25, 0.3) is 0 Å². The molecule has 7 heteroatoms. The second-order valence-corrected chi connectivity index (χ2v) is 5.42. The van der Waals surface area contributed by atoms with Gasteiger partial charge in [0.2, 0.25) is 5.88 Å². The zero-order valence-corrected chi connectivity index (χ0v) is 13.7. The second-order valence-electron chi connectivity index (χ2n) is 4.99. The van der Waals surface area contributed by atoms with E-state index in [1.165, 1.54) is 7.11 Å². The van der Waals surface area contributed by atoms with Crippen molar-refractivity contribution in [3.05, 3.63) is 52.8 Å². The summed E-state index contributed by atoms with van der Waals surface area (Å²) < 4.78 is 10.3. The molecule has 0 atom stereocenters. The first-order chi connectivity index (χ1) is 11.5. The topological polar surface area (TPSA) is 81.5 Å². The summed E-state index contributed by atoms with van der Waals surface area (Å²) in [6.07, 6.45) is 0. The lowest BCUT2D eigenvalue weighted by molar-refractivity contribution is 0.0590. The smallest absolute Gasteiger partial charge is 0.360 e. The lowest BCUT2D eigenvalue weighted by atomic mass is 10.1. The number of hydrogen-bond donors (Lipinski definition) is 1. The maximum atomic E-state index is 11.7. The first-order valence-electron chi connectivity index (χ1n) is 7.01. The summed E-state index contributed by atoms with van der Waals surface area (Å²) in [5.41, 5.74) is 0.770. The monoisotopic (exact) mass is 344 g/mol. The first-order valence-corrected chi connectivity index (χ1v) is 7.39. The number of aryl methyl sites for hydroxylation is 1. The zero-order chi connectivity index (χ0) is 17.3. The molecule has 24 heavy (non-hydrogen) atoms. The number of ether oxygens (including phenoxy) is 2. The molecule has 2 heterocycles. The van der Waals surface area contributed by atoms with Crippen LogP contribution in [0.5, 0.6) is 17.4 Å². The largest absolute Gasteiger partial charge is 0.505 e. The maximum Gasteiger partial charge on any atom is 0.360 e. The van der Waals surface area contributed by atoms with Crippen LogP contribution in [0.2, 0.25) is 5.02 Å². The number of hydrogen-bond acceptors (Lipinski definition) is 6. The Hall–Kier alpha value is -2.86. The number of benzene rings is 1. The lowest BCUT2D eigenvalue weighted by Crippen LogP contribution is -2.07. The highest BCUT2D eigenvalue weighted by atomic mass is 35.5. The van der Waals surface area contributed by atoms with Gasteiger partial charge in [-0.2, -0.15) is 0 Å². The molecule has 0 bridgehead atoms. The third-order valence-electron chi connectivity index (χ3n) is 3.39. The Balaban J connectivity index is 2.04.